The van der Waals surface area contributed by atoms with E-state index in [4.69, 9.17) is 4.42 Å². The van der Waals surface area contributed by atoms with Gasteiger partial charge in [0.05, 0.1) is 17.0 Å². The number of aromatic nitrogens is 4. The Bertz CT molecular complexity index is 1750. The fraction of sp³-hybridized carbons (Fsp3) is 0.241. The van der Waals surface area contributed by atoms with E-state index >= 15 is 0 Å². The number of hydrogen-bond donors (Lipinski definition) is 1. The van der Waals surface area contributed by atoms with Crippen LogP contribution in [-0.2, 0) is 16.4 Å². The maximum atomic E-state index is 13.3. The summed E-state index contributed by atoms with van der Waals surface area (Å²) in [6, 6.07) is 15.7. The molecule has 0 atom stereocenters. The monoisotopic (exact) mass is 561 g/mol. The van der Waals surface area contributed by atoms with Crippen molar-refractivity contribution in [2.45, 2.75) is 44.6 Å². The number of aromatic hydroxyl groups is 1. The van der Waals surface area contributed by atoms with Crippen LogP contribution in [0.15, 0.2) is 76.2 Å². The van der Waals surface area contributed by atoms with Gasteiger partial charge in [0.25, 0.3) is 5.89 Å². The summed E-state index contributed by atoms with van der Waals surface area (Å²) in [7, 11) is -3.68. The molecule has 0 spiro atoms. The third-order valence-corrected chi connectivity index (χ3v) is 8.52. The lowest BCUT2D eigenvalue weighted by Crippen LogP contribution is -2.37. The van der Waals surface area contributed by atoms with E-state index in [2.05, 4.69) is 20.2 Å². The van der Waals surface area contributed by atoms with E-state index in [9.17, 15) is 17.9 Å². The molecule has 0 aliphatic rings. The van der Waals surface area contributed by atoms with Crippen LogP contribution in [0.2, 0.25) is 0 Å². The molecule has 3 heterocycles. The highest BCUT2D eigenvalue weighted by molar-refractivity contribution is 7.89. The number of benzene rings is 2. The molecule has 40 heavy (non-hydrogen) atoms. The highest BCUT2D eigenvalue weighted by Gasteiger charge is 2.27. The van der Waals surface area contributed by atoms with Crippen molar-refractivity contribution in [3.63, 3.8) is 0 Å². The highest BCUT2D eigenvalue weighted by atomic mass is 32.2. The molecule has 0 unspecified atom stereocenters. The molecule has 5 rings (SSSR count). The van der Waals surface area contributed by atoms with Crippen LogP contribution in [0.4, 0.5) is 4.39 Å². The molecule has 0 radical (unpaired) electrons. The molecule has 0 amide bonds. The molecular weight excluding hydrogens is 533 g/mol. The Kier molecular flexibility index (Phi) is 7.59. The molecule has 0 bridgehead atoms. The fourth-order valence-electron chi connectivity index (χ4n) is 4.49. The quantitative estimate of drug-likeness (QED) is 0.247. The van der Waals surface area contributed by atoms with Crippen LogP contribution in [0.3, 0.4) is 0 Å². The summed E-state index contributed by atoms with van der Waals surface area (Å²) in [5.41, 5.74) is 2.19. The third kappa shape index (κ3) is 5.30. The average Bonchev–Trinajstić information content (AvgIpc) is 3.41. The topological polar surface area (TPSA) is 122 Å². The molecular formula is C29H28FN5O4S. The second-order valence-corrected chi connectivity index (χ2v) is 11.5. The normalized spacial score (nSPS) is 12.1. The molecule has 0 saturated heterocycles. The van der Waals surface area contributed by atoms with E-state index in [1.165, 1.54) is 16.4 Å². The van der Waals surface area contributed by atoms with E-state index < -0.39 is 10.0 Å². The number of pyridine rings is 2. The van der Waals surface area contributed by atoms with Crippen molar-refractivity contribution in [3.8, 4) is 28.6 Å². The molecule has 2 aromatic carbocycles. The van der Waals surface area contributed by atoms with Crippen molar-refractivity contribution in [3.05, 3.63) is 84.1 Å². The zero-order chi connectivity index (χ0) is 28.4. The van der Waals surface area contributed by atoms with Crippen LogP contribution >= 0.6 is 0 Å². The molecule has 9 nitrogen and oxygen atoms in total. The van der Waals surface area contributed by atoms with Gasteiger partial charge in [-0.25, -0.2) is 17.8 Å². The van der Waals surface area contributed by atoms with Gasteiger partial charge in [-0.15, -0.1) is 10.2 Å². The van der Waals surface area contributed by atoms with Crippen LogP contribution in [-0.4, -0.2) is 50.6 Å². The van der Waals surface area contributed by atoms with E-state index in [-0.39, 0.29) is 51.9 Å². The van der Waals surface area contributed by atoms with Crippen LogP contribution in [0.5, 0.6) is 5.75 Å². The molecule has 3 aromatic heterocycles. The minimum absolute atomic E-state index is 0.00486. The second-order valence-electron chi connectivity index (χ2n) is 9.60. The lowest BCUT2D eigenvalue weighted by Gasteiger charge is -2.25. The van der Waals surface area contributed by atoms with E-state index in [1.54, 1.807) is 54.7 Å². The Balaban J connectivity index is 1.54. The maximum absolute atomic E-state index is 13.3. The molecule has 0 aliphatic carbocycles. The van der Waals surface area contributed by atoms with Crippen LogP contribution in [0.25, 0.3) is 33.7 Å². The van der Waals surface area contributed by atoms with Crippen molar-refractivity contribution in [2.75, 3.05) is 6.54 Å². The molecule has 0 saturated carbocycles. The summed E-state index contributed by atoms with van der Waals surface area (Å²) in [6.45, 7) is 6.07. The first-order valence-corrected chi connectivity index (χ1v) is 14.3. The Morgan fingerprint density at radius 2 is 1.73 bits per heavy atom. The summed E-state index contributed by atoms with van der Waals surface area (Å²) >= 11 is 0. The minimum atomic E-state index is -3.68. The summed E-state index contributed by atoms with van der Waals surface area (Å²) in [4.78, 5) is 9.18. The Morgan fingerprint density at radius 3 is 2.40 bits per heavy atom. The van der Waals surface area contributed by atoms with Crippen LogP contribution < -0.4 is 0 Å². The highest BCUT2D eigenvalue weighted by Crippen LogP contribution is 2.38. The Morgan fingerprint density at radius 1 is 1.00 bits per heavy atom. The fourth-order valence-corrected chi connectivity index (χ4v) is 6.21. The number of rotatable bonds is 9. The first-order valence-electron chi connectivity index (χ1n) is 12.9. The van der Waals surface area contributed by atoms with Gasteiger partial charge in [0.1, 0.15) is 11.3 Å². The van der Waals surface area contributed by atoms with Gasteiger partial charge in [-0.05, 0) is 62.2 Å². The van der Waals surface area contributed by atoms with Crippen molar-refractivity contribution < 1.29 is 22.3 Å². The lowest BCUT2D eigenvalue weighted by atomic mass is 10.1. The number of nitrogens with zero attached hydrogens (tertiary/aromatic N) is 5. The second kappa shape index (κ2) is 11.1. The van der Waals surface area contributed by atoms with Crippen molar-refractivity contribution in [2.24, 2.45) is 0 Å². The summed E-state index contributed by atoms with van der Waals surface area (Å²) < 4.78 is 47.1. The lowest BCUT2D eigenvalue weighted by molar-refractivity contribution is 0.354. The van der Waals surface area contributed by atoms with Gasteiger partial charge in [-0.3, -0.25) is 4.98 Å². The molecule has 0 aliphatic heterocycles. The van der Waals surface area contributed by atoms with Crippen molar-refractivity contribution in [1.82, 2.24) is 24.5 Å². The molecule has 206 valence electrons. The van der Waals surface area contributed by atoms with Crippen LogP contribution in [0, 0.1) is 5.82 Å². The molecule has 11 heteroatoms. The SMILES string of the molecule is CCCN(C(C)C)S(=O)(=O)c1ccc(-c2nc(-c3nnc(Cc4ccc(F)cc4)o3)c(O)c3ncccc23)cc1. The van der Waals surface area contributed by atoms with Gasteiger partial charge in [0.15, 0.2) is 11.4 Å². The van der Waals surface area contributed by atoms with Gasteiger partial charge in [-0.1, -0.05) is 31.2 Å². The largest absolute Gasteiger partial charge is 0.504 e. The maximum Gasteiger partial charge on any atom is 0.270 e. The van der Waals surface area contributed by atoms with E-state index in [1.807, 2.05) is 20.8 Å². The predicted molar refractivity (Wildman–Crippen MR) is 148 cm³/mol. The van der Waals surface area contributed by atoms with E-state index in [0.29, 0.717) is 29.6 Å². The molecule has 5 aromatic rings. The van der Waals surface area contributed by atoms with Gasteiger partial charge in [-0.2, -0.15) is 4.31 Å². The van der Waals surface area contributed by atoms with Gasteiger partial charge in [0, 0.05) is 29.7 Å². The number of hydrogen-bond acceptors (Lipinski definition) is 8. The smallest absolute Gasteiger partial charge is 0.270 e. The zero-order valence-corrected chi connectivity index (χ0v) is 23.1. The first-order chi connectivity index (χ1) is 19.2. The van der Waals surface area contributed by atoms with Gasteiger partial charge in [0.2, 0.25) is 15.9 Å². The number of halogens is 1. The van der Waals surface area contributed by atoms with Gasteiger partial charge >= 0.3 is 0 Å². The third-order valence-electron chi connectivity index (χ3n) is 6.43. The summed E-state index contributed by atoms with van der Waals surface area (Å²) in [6.07, 6.45) is 2.53. The molecule has 0 fully saturated rings. The summed E-state index contributed by atoms with van der Waals surface area (Å²) in [5.74, 6) is -0.302. The van der Waals surface area contributed by atoms with Gasteiger partial charge < -0.3 is 9.52 Å². The first kappa shape index (κ1) is 27.4. The average molecular weight is 562 g/mol. The number of sulfonamides is 1. The van der Waals surface area contributed by atoms with E-state index in [0.717, 1.165) is 5.56 Å². The van der Waals surface area contributed by atoms with Crippen molar-refractivity contribution in [1.29, 1.82) is 0 Å². The summed E-state index contributed by atoms with van der Waals surface area (Å²) in [5, 5.41) is 19.7. The van der Waals surface area contributed by atoms with Crippen molar-refractivity contribution >= 4 is 20.9 Å². The van der Waals surface area contributed by atoms with Crippen LogP contribution in [0.1, 0.15) is 38.6 Å². The Labute approximate surface area is 231 Å². The number of fused-ring (bicyclic) bond motifs is 1. The Hall–Kier alpha value is -4.22. The minimum Gasteiger partial charge on any atom is -0.504 e. The molecule has 1 N–H and O–H groups in total. The standard InChI is InChI=1S/C29H28FN5O4S/c1-4-16-35(18(2)3)40(37,38)22-13-9-20(10-14-22)25-23-6-5-15-31-26(23)28(36)27(32-25)29-34-33-24(39-29)17-19-7-11-21(30)12-8-19/h5-15,18,36H,4,16-17H2,1-3H3. The zero-order valence-electron chi connectivity index (χ0n) is 22.2. The predicted octanol–water partition coefficient (Wildman–Crippen LogP) is 5.59.